The van der Waals surface area contributed by atoms with E-state index in [9.17, 15) is 9.59 Å². The lowest BCUT2D eigenvalue weighted by molar-refractivity contribution is 0.0856. The summed E-state index contributed by atoms with van der Waals surface area (Å²) in [4.78, 5) is 31.1. The van der Waals surface area contributed by atoms with E-state index < -0.39 is 11.5 Å². The van der Waals surface area contributed by atoms with Crippen LogP contribution in [0.15, 0.2) is 29.2 Å². The molecule has 2 heterocycles. The van der Waals surface area contributed by atoms with Gasteiger partial charge in [-0.25, -0.2) is 4.98 Å². The summed E-state index contributed by atoms with van der Waals surface area (Å²) in [6, 6.07) is 5.17. The molecule has 2 N–H and O–H groups in total. The Morgan fingerprint density at radius 2 is 2.12 bits per heavy atom. The molecule has 132 valence electrons. The Labute approximate surface area is 154 Å². The SMILES string of the molecule is O=C(NC[C@@H]1CCCO1)c1cnc(Cc2c(Cl)cccc2Cl)[nH]c1=O. The number of hydrogen-bond donors (Lipinski definition) is 2. The Morgan fingerprint density at radius 3 is 2.76 bits per heavy atom. The summed E-state index contributed by atoms with van der Waals surface area (Å²) in [7, 11) is 0. The van der Waals surface area contributed by atoms with Gasteiger partial charge in [-0.3, -0.25) is 9.59 Å². The first kappa shape index (κ1) is 17.9. The van der Waals surface area contributed by atoms with E-state index in [0.29, 0.717) is 34.6 Å². The molecule has 1 aromatic heterocycles. The molecule has 1 saturated heterocycles. The van der Waals surface area contributed by atoms with E-state index in [1.165, 1.54) is 6.20 Å². The molecular weight excluding hydrogens is 365 g/mol. The second kappa shape index (κ2) is 7.99. The number of carbonyl (C=O) groups is 1. The Kier molecular flexibility index (Phi) is 5.73. The molecule has 1 aromatic carbocycles. The van der Waals surface area contributed by atoms with Gasteiger partial charge in [-0.1, -0.05) is 29.3 Å². The summed E-state index contributed by atoms with van der Waals surface area (Å²) >= 11 is 12.2. The van der Waals surface area contributed by atoms with E-state index in [4.69, 9.17) is 27.9 Å². The summed E-state index contributed by atoms with van der Waals surface area (Å²) in [5, 5.41) is 3.69. The van der Waals surface area contributed by atoms with Crippen molar-refractivity contribution in [1.29, 1.82) is 0 Å². The average molecular weight is 382 g/mol. The molecule has 0 saturated carbocycles. The molecule has 8 heteroatoms. The number of aromatic amines is 1. The van der Waals surface area contributed by atoms with Crippen molar-refractivity contribution >= 4 is 29.1 Å². The van der Waals surface area contributed by atoms with Crippen molar-refractivity contribution in [2.45, 2.75) is 25.4 Å². The lowest BCUT2D eigenvalue weighted by Crippen LogP contribution is -2.35. The molecule has 6 nitrogen and oxygen atoms in total. The molecule has 0 unspecified atom stereocenters. The molecule has 0 aliphatic carbocycles. The molecule has 1 amide bonds. The van der Waals surface area contributed by atoms with Gasteiger partial charge in [-0.15, -0.1) is 0 Å². The fraction of sp³-hybridized carbons (Fsp3) is 0.353. The maximum absolute atomic E-state index is 12.2. The minimum Gasteiger partial charge on any atom is -0.376 e. The van der Waals surface area contributed by atoms with E-state index in [2.05, 4.69) is 15.3 Å². The summed E-state index contributed by atoms with van der Waals surface area (Å²) in [6.45, 7) is 1.09. The third kappa shape index (κ3) is 4.39. The molecule has 1 aliphatic heterocycles. The highest BCUT2D eigenvalue weighted by Crippen LogP contribution is 2.25. The highest BCUT2D eigenvalue weighted by Gasteiger charge is 2.18. The normalized spacial score (nSPS) is 16.8. The summed E-state index contributed by atoms with van der Waals surface area (Å²) in [5.41, 5.74) is 0.134. The molecule has 0 bridgehead atoms. The number of H-pyrrole nitrogens is 1. The fourth-order valence-corrected chi connectivity index (χ4v) is 3.19. The lowest BCUT2D eigenvalue weighted by atomic mass is 10.1. The topological polar surface area (TPSA) is 84.1 Å². The maximum atomic E-state index is 12.2. The molecule has 1 aliphatic rings. The van der Waals surface area contributed by atoms with Crippen LogP contribution in [-0.4, -0.2) is 35.1 Å². The van der Waals surface area contributed by atoms with Gasteiger partial charge in [0, 0.05) is 35.8 Å². The van der Waals surface area contributed by atoms with Gasteiger partial charge in [0.1, 0.15) is 11.4 Å². The number of hydrogen-bond acceptors (Lipinski definition) is 4. The smallest absolute Gasteiger partial charge is 0.263 e. The van der Waals surface area contributed by atoms with Gasteiger partial charge in [0.05, 0.1) is 6.10 Å². The minimum atomic E-state index is -0.502. The first-order chi connectivity index (χ1) is 12.0. The standard InChI is InChI=1S/C17H17Cl2N3O3/c18-13-4-1-5-14(19)11(13)7-15-20-9-12(17(24)22-15)16(23)21-8-10-3-2-6-25-10/h1,4-5,9-10H,2-3,6-8H2,(H,21,23)(H,20,22,24)/t10-/m0/s1. The molecule has 0 radical (unpaired) electrons. The molecule has 25 heavy (non-hydrogen) atoms. The number of rotatable bonds is 5. The van der Waals surface area contributed by atoms with Crippen LogP contribution in [-0.2, 0) is 11.2 Å². The van der Waals surface area contributed by atoms with Crippen molar-refractivity contribution < 1.29 is 9.53 Å². The Morgan fingerprint density at radius 1 is 1.36 bits per heavy atom. The van der Waals surface area contributed by atoms with Crippen LogP contribution in [0, 0.1) is 0 Å². The zero-order chi connectivity index (χ0) is 17.8. The van der Waals surface area contributed by atoms with Gasteiger partial charge in [-0.2, -0.15) is 0 Å². The van der Waals surface area contributed by atoms with Crippen molar-refractivity contribution in [2.24, 2.45) is 0 Å². The Balaban J connectivity index is 1.70. The number of ether oxygens (including phenoxy) is 1. The van der Waals surface area contributed by atoms with Gasteiger partial charge in [0.25, 0.3) is 11.5 Å². The number of amides is 1. The monoisotopic (exact) mass is 381 g/mol. The summed E-state index contributed by atoms with van der Waals surface area (Å²) < 4.78 is 5.44. The second-order valence-electron chi connectivity index (χ2n) is 5.79. The largest absolute Gasteiger partial charge is 0.376 e. The van der Waals surface area contributed by atoms with Crippen LogP contribution in [0.5, 0.6) is 0 Å². The van der Waals surface area contributed by atoms with Gasteiger partial charge in [0.15, 0.2) is 0 Å². The third-order valence-corrected chi connectivity index (χ3v) is 4.72. The van der Waals surface area contributed by atoms with E-state index in [1.54, 1.807) is 18.2 Å². The predicted molar refractivity (Wildman–Crippen MR) is 95.4 cm³/mol. The Bertz CT molecular complexity index is 812. The highest BCUT2D eigenvalue weighted by molar-refractivity contribution is 6.36. The van der Waals surface area contributed by atoms with Crippen molar-refractivity contribution in [3.63, 3.8) is 0 Å². The molecule has 1 fully saturated rings. The predicted octanol–water partition coefficient (Wildman–Crippen LogP) is 2.58. The van der Waals surface area contributed by atoms with Crippen LogP contribution in [0.1, 0.15) is 34.6 Å². The Hall–Kier alpha value is -1.89. The van der Waals surface area contributed by atoms with E-state index in [1.807, 2.05) is 0 Å². The number of carbonyl (C=O) groups excluding carboxylic acids is 1. The first-order valence-electron chi connectivity index (χ1n) is 7.95. The van der Waals surface area contributed by atoms with Crippen LogP contribution in [0.25, 0.3) is 0 Å². The zero-order valence-corrected chi connectivity index (χ0v) is 14.9. The second-order valence-corrected chi connectivity index (χ2v) is 6.61. The van der Waals surface area contributed by atoms with E-state index >= 15 is 0 Å². The first-order valence-corrected chi connectivity index (χ1v) is 8.71. The third-order valence-electron chi connectivity index (χ3n) is 4.02. The van der Waals surface area contributed by atoms with Crippen LogP contribution in [0.4, 0.5) is 0 Å². The van der Waals surface area contributed by atoms with Gasteiger partial charge in [0.2, 0.25) is 0 Å². The van der Waals surface area contributed by atoms with Crippen LogP contribution < -0.4 is 10.9 Å². The van der Waals surface area contributed by atoms with Crippen LogP contribution >= 0.6 is 23.2 Å². The lowest BCUT2D eigenvalue weighted by Gasteiger charge is -2.10. The van der Waals surface area contributed by atoms with Crippen molar-refractivity contribution in [3.8, 4) is 0 Å². The van der Waals surface area contributed by atoms with Crippen molar-refractivity contribution in [2.75, 3.05) is 13.2 Å². The number of halogens is 2. The summed E-state index contributed by atoms with van der Waals surface area (Å²) in [5.74, 6) is -0.0812. The van der Waals surface area contributed by atoms with Crippen LogP contribution in [0.3, 0.4) is 0 Å². The van der Waals surface area contributed by atoms with E-state index in [-0.39, 0.29) is 18.1 Å². The van der Waals surface area contributed by atoms with Gasteiger partial charge in [-0.05, 0) is 30.5 Å². The van der Waals surface area contributed by atoms with Crippen LogP contribution in [0.2, 0.25) is 10.0 Å². The number of aromatic nitrogens is 2. The molecule has 2 aromatic rings. The summed E-state index contributed by atoms with van der Waals surface area (Å²) in [6.07, 6.45) is 3.45. The van der Waals surface area contributed by atoms with E-state index in [0.717, 1.165) is 12.8 Å². The van der Waals surface area contributed by atoms with Gasteiger partial charge < -0.3 is 15.0 Å². The molecular formula is C17H17Cl2N3O3. The fourth-order valence-electron chi connectivity index (χ4n) is 2.66. The molecule has 1 atom stereocenters. The maximum Gasteiger partial charge on any atom is 0.263 e. The zero-order valence-electron chi connectivity index (χ0n) is 13.4. The number of nitrogens with zero attached hydrogens (tertiary/aromatic N) is 1. The van der Waals surface area contributed by atoms with Gasteiger partial charge >= 0.3 is 0 Å². The molecule has 3 rings (SSSR count). The van der Waals surface area contributed by atoms with Crippen molar-refractivity contribution in [1.82, 2.24) is 15.3 Å². The molecule has 0 spiro atoms. The highest BCUT2D eigenvalue weighted by atomic mass is 35.5. The number of benzene rings is 1. The number of nitrogens with one attached hydrogen (secondary N) is 2. The minimum absolute atomic E-state index is 0.0117. The van der Waals surface area contributed by atoms with Crippen molar-refractivity contribution in [3.05, 3.63) is 61.7 Å². The quantitative estimate of drug-likeness (QED) is 0.833. The average Bonchev–Trinajstić information content (AvgIpc) is 3.10.